The monoisotopic (exact) mass is 1210 g/mol. The first-order valence-corrected chi connectivity index (χ1v) is 30.9. The van der Waals surface area contributed by atoms with E-state index in [1.165, 1.54) is 24.9 Å². The van der Waals surface area contributed by atoms with Crippen LogP contribution in [0.1, 0.15) is 104 Å². The molecule has 1 aliphatic carbocycles. The van der Waals surface area contributed by atoms with Gasteiger partial charge in [-0.3, -0.25) is 19.2 Å². The molecule has 1 fully saturated rings. The predicted molar refractivity (Wildman–Crippen MR) is 283 cm³/mol. The molecule has 2 amide bonds. The average molecular weight is 1220 g/mol. The van der Waals surface area contributed by atoms with Gasteiger partial charge in [-0.2, -0.15) is 17.3 Å². The zero-order valence-corrected chi connectivity index (χ0v) is 50.8. The summed E-state index contributed by atoms with van der Waals surface area (Å²) in [6.45, 7) is 8.42. The van der Waals surface area contributed by atoms with Crippen molar-refractivity contribution in [1.82, 2.24) is 9.37 Å². The van der Waals surface area contributed by atoms with Crippen LogP contribution in [0, 0.1) is 0 Å². The maximum Gasteiger partial charge on any atom is 1.00 e. The van der Waals surface area contributed by atoms with Gasteiger partial charge in [0.15, 0.2) is 5.71 Å². The summed E-state index contributed by atoms with van der Waals surface area (Å²) in [6.07, 6.45) is 9.93. The van der Waals surface area contributed by atoms with E-state index >= 15 is 0 Å². The average Bonchev–Trinajstić information content (AvgIpc) is 3.85. The summed E-state index contributed by atoms with van der Waals surface area (Å²) >= 11 is 2.89. The number of thioether (sulfide) groups is 1. The molecule has 0 saturated carbocycles. The molecule has 1 saturated heterocycles. The first-order chi connectivity index (χ1) is 35.3. The Balaban J connectivity index is 0.00000640. The second-order valence-electron chi connectivity index (χ2n) is 18.8. The van der Waals surface area contributed by atoms with E-state index in [9.17, 15) is 54.0 Å². The Morgan fingerprint density at radius 2 is 1.60 bits per heavy atom. The van der Waals surface area contributed by atoms with Gasteiger partial charge >= 0.3 is 57.4 Å². The number of anilines is 1. The molecular weight excluding hydrogens is 1150 g/mol. The molecule has 4 aliphatic rings. The molecule has 3 aliphatic heterocycles. The summed E-state index contributed by atoms with van der Waals surface area (Å²) in [5.41, 5.74) is 4.84. The molecule has 2 aromatic carbocycles. The number of allylic oxidation sites excluding steroid dienone is 7. The van der Waals surface area contributed by atoms with E-state index < -0.39 is 70.4 Å². The number of carbonyl (C=O) groups excluding carboxylic acids is 3. The van der Waals surface area contributed by atoms with Crippen molar-refractivity contribution in [3.63, 3.8) is 0 Å². The summed E-state index contributed by atoms with van der Waals surface area (Å²) in [4.78, 5) is 44.5. The third-order valence-corrected chi connectivity index (χ3v) is 19.1. The van der Waals surface area contributed by atoms with Gasteiger partial charge in [0, 0.05) is 119 Å². The largest absolute Gasteiger partial charge is 1.00 e. The molecule has 0 unspecified atom stereocenters. The van der Waals surface area contributed by atoms with Gasteiger partial charge in [0.25, 0.3) is 21.9 Å². The van der Waals surface area contributed by atoms with E-state index in [4.69, 9.17) is 10.1 Å². The number of imide groups is 1. The van der Waals surface area contributed by atoms with Crippen LogP contribution in [0.2, 0.25) is 0 Å². The van der Waals surface area contributed by atoms with Gasteiger partial charge in [0.1, 0.15) is 6.54 Å². The van der Waals surface area contributed by atoms with E-state index in [1.807, 2.05) is 68.7 Å². The number of carbonyl (C=O) groups is 3. The third kappa shape index (κ3) is 17.3. The molecule has 3 heterocycles. The SMILES string of the molecule is C.CN(CCCC(=O)ON1C(=O)CCC1=O)S(=O)(=O)c1ccc2c(c1)C(C)(C)/C(=C\C=C1/CCCC(/C=C/C3=[N+](CCCS(=O)(=O)[O-])c4ccc(SOO[O-])cc4C3(C)C)=C1SCCS(=O)(=O)O)N2CCCSOOO.[K+]. The van der Waals surface area contributed by atoms with Crippen LogP contribution < -0.4 is 61.5 Å². The fourth-order valence-electron chi connectivity index (χ4n) is 9.36. The molecule has 0 radical (unpaired) electrons. The standard InChI is InChI=1S/C47H60N4O18S6.CH4.K/c1-46(2)36-30-34(72-69-67-56)15-17-38(36)50(25-9-28-73(57,58)59)40(46)19-13-32-10-6-11-33(45(32)70-27-29-74(60,61)62)14-20-41-47(3,4)37-31-35(16-18-39(37)49(41)24-8-26-71-68-66-55)75(63,64)48(5)23-7-12-44(54)65-51-42(52)21-22-43(51)53;;/h13-20,30-31H,6-12,21-29H2,1-5H3,(H3-,55,56,57,58,59,60,61,62);1H4;/q;;+1/p-1. The first-order valence-electron chi connectivity index (χ1n) is 23.6. The Hall–Kier alpha value is -2.34. The molecule has 0 spiro atoms. The molecular formula is C48H63KN4O18S6. The zero-order valence-electron chi connectivity index (χ0n) is 42.8. The number of fused-ring (bicyclic) bond motifs is 2. The van der Waals surface area contributed by atoms with Crippen LogP contribution in [-0.2, 0) is 79.1 Å². The minimum Gasteiger partial charge on any atom is -0.748 e. The van der Waals surface area contributed by atoms with Crippen LogP contribution in [0.15, 0.2) is 92.2 Å². The summed E-state index contributed by atoms with van der Waals surface area (Å²) in [6, 6.07) is 10.2. The second-order valence-corrected chi connectivity index (χ2v) is 26.6. The smallest absolute Gasteiger partial charge is 0.748 e. The van der Waals surface area contributed by atoms with Crippen molar-refractivity contribution in [3.05, 3.63) is 93.6 Å². The summed E-state index contributed by atoms with van der Waals surface area (Å²) in [5.74, 6) is -2.76. The number of hydroxylamine groups is 2. The fraction of sp³-hybridized carbons (Fsp3) is 0.500. The van der Waals surface area contributed by atoms with Crippen molar-refractivity contribution in [2.45, 2.75) is 114 Å². The minimum atomic E-state index is -4.51. The maximum absolute atomic E-state index is 14.0. The Morgan fingerprint density at radius 1 is 0.883 bits per heavy atom. The van der Waals surface area contributed by atoms with Gasteiger partial charge in [0.05, 0.1) is 38.2 Å². The predicted octanol–water partition coefficient (Wildman–Crippen LogP) is 3.56. The summed E-state index contributed by atoms with van der Waals surface area (Å²) < 4.78 is 109. The zero-order chi connectivity index (χ0) is 54.9. The van der Waals surface area contributed by atoms with Gasteiger partial charge in [-0.15, -0.1) is 21.2 Å². The van der Waals surface area contributed by atoms with Crippen LogP contribution in [0.5, 0.6) is 0 Å². The number of amides is 2. The third-order valence-electron chi connectivity index (χ3n) is 13.1. The molecule has 2 aromatic rings. The molecule has 420 valence electrons. The normalized spacial score (nSPS) is 18.5. The van der Waals surface area contributed by atoms with Gasteiger partial charge in [-0.1, -0.05) is 38.5 Å². The number of hydrogen-bond donors (Lipinski definition) is 2. The molecule has 77 heavy (non-hydrogen) atoms. The van der Waals surface area contributed by atoms with Crippen molar-refractivity contribution in [1.29, 1.82) is 0 Å². The van der Waals surface area contributed by atoms with Crippen LogP contribution >= 0.6 is 35.8 Å². The quantitative estimate of drug-likeness (QED) is 0.0189. The Morgan fingerprint density at radius 3 is 2.26 bits per heavy atom. The van der Waals surface area contributed by atoms with E-state index in [0.717, 1.165) is 72.8 Å². The van der Waals surface area contributed by atoms with Crippen molar-refractivity contribution < 1.29 is 139 Å². The van der Waals surface area contributed by atoms with E-state index in [1.54, 1.807) is 18.2 Å². The Labute approximate surface area is 505 Å². The second kappa shape index (κ2) is 29.1. The van der Waals surface area contributed by atoms with Gasteiger partial charge in [-0.25, -0.2) is 31.2 Å². The molecule has 29 heteroatoms. The van der Waals surface area contributed by atoms with Crippen molar-refractivity contribution in [3.8, 4) is 0 Å². The molecule has 2 N–H and O–H groups in total. The van der Waals surface area contributed by atoms with E-state index in [-0.39, 0.29) is 115 Å². The molecule has 6 rings (SSSR count). The van der Waals surface area contributed by atoms with Crippen molar-refractivity contribution in [2.24, 2.45) is 0 Å². The van der Waals surface area contributed by atoms with Gasteiger partial charge in [0.2, 0.25) is 15.7 Å². The topological polar surface area (TPSA) is 299 Å². The van der Waals surface area contributed by atoms with E-state index in [0.29, 0.717) is 53.5 Å². The number of rotatable bonds is 27. The summed E-state index contributed by atoms with van der Waals surface area (Å²) in [5, 5.41) is 27.1. The van der Waals surface area contributed by atoms with Crippen LogP contribution in [0.4, 0.5) is 11.4 Å². The van der Waals surface area contributed by atoms with Crippen LogP contribution in [0.3, 0.4) is 0 Å². The fourth-order valence-corrected chi connectivity index (χ4v) is 13.9. The van der Waals surface area contributed by atoms with Gasteiger partial charge < -0.3 is 19.5 Å². The number of sulfonamides is 1. The number of hydrogen-bond acceptors (Lipinski definition) is 21. The van der Waals surface area contributed by atoms with Crippen molar-refractivity contribution in [2.75, 3.05) is 54.6 Å². The molecule has 22 nitrogen and oxygen atoms in total. The van der Waals surface area contributed by atoms with E-state index in [2.05, 4.69) is 23.6 Å². The maximum atomic E-state index is 14.0. The Kier molecular flexibility index (Phi) is 25.4. The van der Waals surface area contributed by atoms with Crippen LogP contribution in [0.25, 0.3) is 0 Å². The van der Waals surface area contributed by atoms with Gasteiger partial charge in [-0.05, 0) is 99.1 Å². The van der Waals surface area contributed by atoms with Crippen molar-refractivity contribution >= 4 is 101 Å². The molecule has 0 aromatic heterocycles. The minimum absolute atomic E-state index is 0. The molecule has 0 atom stereocenters. The number of benzene rings is 2. The molecule has 0 bridgehead atoms. The van der Waals surface area contributed by atoms with Crippen LogP contribution in [-0.4, -0.2) is 127 Å². The Bertz CT molecular complexity index is 3000. The number of nitrogens with zero attached hydrogens (tertiary/aromatic N) is 4. The summed E-state index contributed by atoms with van der Waals surface area (Å²) in [7, 11) is -11.6. The first kappa shape index (κ1) is 67.2.